The van der Waals surface area contributed by atoms with Crippen molar-refractivity contribution in [1.29, 1.82) is 0 Å². The Morgan fingerprint density at radius 3 is 2.15 bits per heavy atom. The summed E-state index contributed by atoms with van der Waals surface area (Å²) in [5, 5.41) is 2.68. The van der Waals surface area contributed by atoms with Crippen LogP contribution in [0.15, 0.2) is 95.3 Å². The molecule has 0 unspecified atom stereocenters. The van der Waals surface area contributed by atoms with Gasteiger partial charge < -0.3 is 0 Å². The maximum Gasteiger partial charge on any atom is 0.279 e. The molecule has 0 saturated carbocycles. The molecule has 0 atom stereocenters. The van der Waals surface area contributed by atoms with Gasteiger partial charge in [0, 0.05) is 21.7 Å². The SMILES string of the molecule is O=C(N=c1scc(-c2ccccc2)n1-c1ccc(Cl)cc1)c1ccccc1. The van der Waals surface area contributed by atoms with Crippen molar-refractivity contribution in [2.75, 3.05) is 0 Å². The van der Waals surface area contributed by atoms with Gasteiger partial charge in [-0.3, -0.25) is 9.36 Å². The number of aromatic nitrogens is 1. The van der Waals surface area contributed by atoms with E-state index in [9.17, 15) is 4.79 Å². The summed E-state index contributed by atoms with van der Waals surface area (Å²) < 4.78 is 1.98. The largest absolute Gasteiger partial charge is 0.285 e. The fraction of sp³-hybridized carbons (Fsp3) is 0. The first-order valence-electron chi connectivity index (χ1n) is 8.38. The molecule has 0 saturated heterocycles. The highest BCUT2D eigenvalue weighted by Crippen LogP contribution is 2.24. The van der Waals surface area contributed by atoms with Crippen molar-refractivity contribution in [2.24, 2.45) is 4.99 Å². The first-order valence-corrected chi connectivity index (χ1v) is 9.64. The third-order valence-electron chi connectivity index (χ3n) is 4.08. The van der Waals surface area contributed by atoms with Gasteiger partial charge in [0.15, 0.2) is 4.80 Å². The predicted octanol–water partition coefficient (Wildman–Crippen LogP) is 5.60. The maximum absolute atomic E-state index is 12.6. The van der Waals surface area contributed by atoms with E-state index in [4.69, 9.17) is 11.6 Å². The fourth-order valence-electron chi connectivity index (χ4n) is 2.77. The Labute approximate surface area is 165 Å². The summed E-state index contributed by atoms with van der Waals surface area (Å²) >= 11 is 7.49. The van der Waals surface area contributed by atoms with Gasteiger partial charge in [-0.05, 0) is 42.0 Å². The zero-order chi connectivity index (χ0) is 18.6. The third kappa shape index (κ3) is 3.77. The Morgan fingerprint density at radius 2 is 1.48 bits per heavy atom. The molecule has 4 rings (SSSR count). The van der Waals surface area contributed by atoms with Gasteiger partial charge in [0.25, 0.3) is 5.91 Å². The summed E-state index contributed by atoms with van der Waals surface area (Å²) in [5.74, 6) is -0.264. The minimum atomic E-state index is -0.264. The third-order valence-corrected chi connectivity index (χ3v) is 5.16. The number of rotatable bonds is 3. The van der Waals surface area contributed by atoms with Crippen molar-refractivity contribution < 1.29 is 4.79 Å². The van der Waals surface area contributed by atoms with E-state index in [0.717, 1.165) is 16.9 Å². The number of carbonyl (C=O) groups excluding carboxylic acids is 1. The molecule has 0 N–H and O–H groups in total. The second-order valence-electron chi connectivity index (χ2n) is 5.86. The summed E-state index contributed by atoms with van der Waals surface area (Å²) in [6.45, 7) is 0. The number of nitrogens with zero attached hydrogens (tertiary/aromatic N) is 2. The van der Waals surface area contributed by atoms with Crippen LogP contribution >= 0.6 is 22.9 Å². The van der Waals surface area contributed by atoms with Crippen LogP contribution in [0, 0.1) is 0 Å². The van der Waals surface area contributed by atoms with E-state index >= 15 is 0 Å². The molecular weight excluding hydrogens is 376 g/mol. The average molecular weight is 391 g/mol. The zero-order valence-corrected chi connectivity index (χ0v) is 15.8. The van der Waals surface area contributed by atoms with Crippen molar-refractivity contribution >= 4 is 28.8 Å². The second-order valence-corrected chi connectivity index (χ2v) is 7.14. The highest BCUT2D eigenvalue weighted by Gasteiger charge is 2.12. The number of amides is 1. The van der Waals surface area contributed by atoms with Gasteiger partial charge in [-0.2, -0.15) is 4.99 Å². The number of thiazole rings is 1. The van der Waals surface area contributed by atoms with Crippen molar-refractivity contribution in [1.82, 2.24) is 4.57 Å². The molecule has 27 heavy (non-hydrogen) atoms. The van der Waals surface area contributed by atoms with Crippen LogP contribution < -0.4 is 4.80 Å². The predicted molar refractivity (Wildman–Crippen MR) is 110 cm³/mol. The minimum absolute atomic E-state index is 0.264. The highest BCUT2D eigenvalue weighted by molar-refractivity contribution is 7.07. The molecule has 1 heterocycles. The van der Waals surface area contributed by atoms with E-state index in [2.05, 4.69) is 4.99 Å². The zero-order valence-electron chi connectivity index (χ0n) is 14.2. The monoisotopic (exact) mass is 390 g/mol. The molecule has 3 nitrogen and oxygen atoms in total. The standard InChI is InChI=1S/C22H15ClN2OS/c23-18-11-13-19(14-12-18)25-20(16-7-3-1-4-8-16)15-27-22(25)24-21(26)17-9-5-2-6-10-17/h1-15H. The molecule has 0 aliphatic carbocycles. The molecule has 1 amide bonds. The summed E-state index contributed by atoms with van der Waals surface area (Å²) in [6, 6.07) is 26.6. The van der Waals surface area contributed by atoms with Crippen molar-refractivity contribution in [2.45, 2.75) is 0 Å². The lowest BCUT2D eigenvalue weighted by atomic mass is 10.1. The summed E-state index contributed by atoms with van der Waals surface area (Å²) in [7, 11) is 0. The van der Waals surface area contributed by atoms with E-state index in [1.165, 1.54) is 11.3 Å². The molecule has 1 aromatic heterocycles. The number of benzene rings is 3. The second kappa shape index (κ2) is 7.74. The van der Waals surface area contributed by atoms with Gasteiger partial charge in [0.1, 0.15) is 0 Å². The van der Waals surface area contributed by atoms with Gasteiger partial charge in [0.2, 0.25) is 0 Å². The maximum atomic E-state index is 12.6. The summed E-state index contributed by atoms with van der Waals surface area (Å²) in [6.07, 6.45) is 0. The molecule has 0 radical (unpaired) electrons. The summed E-state index contributed by atoms with van der Waals surface area (Å²) in [5.41, 5.74) is 3.49. The van der Waals surface area contributed by atoms with Crippen LogP contribution in [-0.2, 0) is 0 Å². The molecule has 0 bridgehead atoms. The number of halogens is 1. The summed E-state index contributed by atoms with van der Waals surface area (Å²) in [4.78, 5) is 17.6. The number of carbonyl (C=O) groups is 1. The van der Waals surface area contributed by atoms with Crippen LogP contribution in [0.4, 0.5) is 0 Å². The first kappa shape index (κ1) is 17.5. The molecule has 0 aliphatic rings. The van der Waals surface area contributed by atoms with Crippen LogP contribution in [0.2, 0.25) is 5.02 Å². The molecule has 132 valence electrons. The molecular formula is C22H15ClN2OS. The molecule has 0 fully saturated rings. The van der Waals surface area contributed by atoms with E-state index in [1.807, 2.05) is 82.7 Å². The van der Waals surface area contributed by atoms with Gasteiger partial charge in [-0.15, -0.1) is 11.3 Å². The minimum Gasteiger partial charge on any atom is -0.285 e. The highest BCUT2D eigenvalue weighted by atomic mass is 35.5. The Hall–Kier alpha value is -2.95. The van der Waals surface area contributed by atoms with Crippen LogP contribution in [0.3, 0.4) is 0 Å². The average Bonchev–Trinajstić information content (AvgIpc) is 3.13. The molecule has 3 aromatic carbocycles. The van der Waals surface area contributed by atoms with E-state index in [-0.39, 0.29) is 5.91 Å². The Kier molecular flexibility index (Phi) is 5.01. The smallest absolute Gasteiger partial charge is 0.279 e. The number of hydrogen-bond donors (Lipinski definition) is 0. The van der Waals surface area contributed by atoms with E-state index in [0.29, 0.717) is 15.4 Å². The lowest BCUT2D eigenvalue weighted by molar-refractivity contribution is 0.0998. The Balaban J connectivity index is 1.90. The Bertz CT molecular complexity index is 1130. The van der Waals surface area contributed by atoms with Crippen LogP contribution in [-0.4, -0.2) is 10.5 Å². The van der Waals surface area contributed by atoms with E-state index in [1.54, 1.807) is 12.1 Å². The van der Waals surface area contributed by atoms with Crippen LogP contribution in [0.25, 0.3) is 16.9 Å². The molecule has 0 spiro atoms. The van der Waals surface area contributed by atoms with Gasteiger partial charge >= 0.3 is 0 Å². The van der Waals surface area contributed by atoms with Gasteiger partial charge in [-0.25, -0.2) is 0 Å². The lowest BCUT2D eigenvalue weighted by Crippen LogP contribution is -2.16. The molecule has 4 aromatic rings. The van der Waals surface area contributed by atoms with E-state index < -0.39 is 0 Å². The van der Waals surface area contributed by atoms with Gasteiger partial charge in [0.05, 0.1) is 5.69 Å². The first-order chi connectivity index (χ1) is 13.2. The van der Waals surface area contributed by atoms with Crippen LogP contribution in [0.1, 0.15) is 10.4 Å². The molecule has 5 heteroatoms. The number of hydrogen-bond acceptors (Lipinski definition) is 2. The quantitative estimate of drug-likeness (QED) is 0.448. The normalized spacial score (nSPS) is 11.5. The molecule has 0 aliphatic heterocycles. The Morgan fingerprint density at radius 1 is 0.852 bits per heavy atom. The van der Waals surface area contributed by atoms with Crippen molar-refractivity contribution in [3.63, 3.8) is 0 Å². The van der Waals surface area contributed by atoms with Crippen molar-refractivity contribution in [3.05, 3.63) is 106 Å². The van der Waals surface area contributed by atoms with Crippen LogP contribution in [0.5, 0.6) is 0 Å². The van der Waals surface area contributed by atoms with Crippen molar-refractivity contribution in [3.8, 4) is 16.9 Å². The lowest BCUT2D eigenvalue weighted by Gasteiger charge is -2.09. The fourth-order valence-corrected chi connectivity index (χ4v) is 3.80. The topological polar surface area (TPSA) is 34.4 Å². The van der Waals surface area contributed by atoms with Gasteiger partial charge in [-0.1, -0.05) is 60.1 Å².